The van der Waals surface area contributed by atoms with Crippen LogP contribution in [0.3, 0.4) is 0 Å². The number of hydrogen-bond acceptors (Lipinski definition) is 7. The lowest BCUT2D eigenvalue weighted by molar-refractivity contribution is -0.385. The SMILES string of the molecule is CNc1cc(C(=O)Nc2ncnn2C)c([N+](=O)[O-])cn1. The maximum atomic E-state index is 12.1. The molecule has 0 aromatic carbocycles. The molecule has 0 fully saturated rings. The van der Waals surface area contributed by atoms with E-state index < -0.39 is 10.8 Å². The van der Waals surface area contributed by atoms with Crippen LogP contribution < -0.4 is 10.6 Å². The predicted octanol–water partition coefficient (Wildman–Crippen LogP) is 0.412. The molecule has 10 heteroatoms. The third kappa shape index (κ3) is 2.53. The molecule has 0 unspecified atom stereocenters. The third-order valence-corrected chi connectivity index (χ3v) is 2.52. The Morgan fingerprint density at radius 3 is 2.75 bits per heavy atom. The van der Waals surface area contributed by atoms with Gasteiger partial charge in [-0.1, -0.05) is 0 Å². The molecule has 2 aromatic rings. The van der Waals surface area contributed by atoms with Gasteiger partial charge < -0.3 is 5.32 Å². The molecule has 10 nitrogen and oxygen atoms in total. The van der Waals surface area contributed by atoms with Crippen molar-refractivity contribution in [1.29, 1.82) is 0 Å². The number of nitro groups is 1. The van der Waals surface area contributed by atoms with Crippen molar-refractivity contribution in [3.63, 3.8) is 0 Å². The Morgan fingerprint density at radius 1 is 1.45 bits per heavy atom. The van der Waals surface area contributed by atoms with E-state index >= 15 is 0 Å². The zero-order valence-corrected chi connectivity index (χ0v) is 10.7. The number of nitrogens with zero attached hydrogens (tertiary/aromatic N) is 5. The fourth-order valence-corrected chi connectivity index (χ4v) is 1.49. The summed E-state index contributed by atoms with van der Waals surface area (Å²) >= 11 is 0. The molecule has 104 valence electrons. The first-order valence-corrected chi connectivity index (χ1v) is 5.50. The second-order valence-corrected chi connectivity index (χ2v) is 3.76. The average Bonchev–Trinajstić information content (AvgIpc) is 2.83. The zero-order valence-electron chi connectivity index (χ0n) is 10.7. The van der Waals surface area contributed by atoms with E-state index in [4.69, 9.17) is 0 Å². The van der Waals surface area contributed by atoms with Gasteiger partial charge in [-0.05, 0) is 0 Å². The minimum atomic E-state index is -0.669. The maximum Gasteiger partial charge on any atom is 0.300 e. The van der Waals surface area contributed by atoms with Gasteiger partial charge in [-0.2, -0.15) is 10.1 Å². The topological polar surface area (TPSA) is 128 Å². The van der Waals surface area contributed by atoms with Crippen LogP contribution in [-0.2, 0) is 7.05 Å². The van der Waals surface area contributed by atoms with E-state index in [1.807, 2.05) is 0 Å². The largest absolute Gasteiger partial charge is 0.373 e. The van der Waals surface area contributed by atoms with Gasteiger partial charge in [-0.15, -0.1) is 0 Å². The van der Waals surface area contributed by atoms with Crippen molar-refractivity contribution >= 4 is 23.4 Å². The smallest absolute Gasteiger partial charge is 0.300 e. The average molecular weight is 277 g/mol. The van der Waals surface area contributed by atoms with E-state index in [2.05, 4.69) is 25.7 Å². The van der Waals surface area contributed by atoms with Crippen LogP contribution >= 0.6 is 0 Å². The number of anilines is 2. The number of carbonyl (C=O) groups excluding carboxylic acids is 1. The fraction of sp³-hybridized carbons (Fsp3) is 0.200. The molecule has 2 rings (SSSR count). The first-order chi connectivity index (χ1) is 9.52. The molecule has 2 heterocycles. The van der Waals surface area contributed by atoms with Gasteiger partial charge in [0.1, 0.15) is 23.9 Å². The number of rotatable bonds is 4. The summed E-state index contributed by atoms with van der Waals surface area (Å²) in [7, 11) is 3.18. The third-order valence-electron chi connectivity index (χ3n) is 2.52. The van der Waals surface area contributed by atoms with E-state index in [9.17, 15) is 14.9 Å². The van der Waals surface area contributed by atoms with E-state index in [0.717, 1.165) is 6.20 Å². The number of hydrogen-bond donors (Lipinski definition) is 2. The van der Waals surface area contributed by atoms with Gasteiger partial charge >= 0.3 is 0 Å². The molecule has 0 radical (unpaired) electrons. The molecule has 0 aliphatic rings. The van der Waals surface area contributed by atoms with E-state index in [-0.39, 0.29) is 17.2 Å². The second-order valence-electron chi connectivity index (χ2n) is 3.76. The van der Waals surface area contributed by atoms with Crippen molar-refractivity contribution in [2.24, 2.45) is 7.05 Å². The summed E-state index contributed by atoms with van der Waals surface area (Å²) in [5.41, 5.74) is -0.499. The van der Waals surface area contributed by atoms with Gasteiger partial charge in [-0.3, -0.25) is 20.2 Å². The van der Waals surface area contributed by atoms with Gasteiger partial charge in [0.2, 0.25) is 5.95 Å². The standard InChI is InChI=1S/C10H11N7O3/c1-11-8-3-6(7(4-12-8)17(19)20)9(18)15-10-13-5-14-16(10)2/h3-5H,1-2H3,(H,11,12)(H,13,14,15,18). The fourth-order valence-electron chi connectivity index (χ4n) is 1.49. The monoisotopic (exact) mass is 277 g/mol. The molecule has 0 saturated heterocycles. The molecule has 0 atom stereocenters. The molecule has 0 bridgehead atoms. The Hall–Kier alpha value is -3.04. The minimum Gasteiger partial charge on any atom is -0.373 e. The van der Waals surface area contributed by atoms with Gasteiger partial charge in [0, 0.05) is 20.2 Å². The Balaban J connectivity index is 2.37. The Kier molecular flexibility index (Phi) is 3.55. The Morgan fingerprint density at radius 2 is 2.20 bits per heavy atom. The van der Waals surface area contributed by atoms with Crippen LogP contribution in [0.15, 0.2) is 18.6 Å². The van der Waals surface area contributed by atoms with Crippen molar-refractivity contribution in [3.8, 4) is 0 Å². The lowest BCUT2D eigenvalue weighted by atomic mass is 10.2. The molecule has 2 N–H and O–H groups in total. The number of amides is 1. The first-order valence-electron chi connectivity index (χ1n) is 5.50. The van der Waals surface area contributed by atoms with Crippen molar-refractivity contribution in [1.82, 2.24) is 19.7 Å². The number of aromatic nitrogens is 4. The maximum absolute atomic E-state index is 12.1. The summed E-state index contributed by atoms with van der Waals surface area (Å²) in [5, 5.41) is 19.9. The molecular weight excluding hydrogens is 266 g/mol. The van der Waals surface area contributed by atoms with E-state index in [1.54, 1.807) is 14.1 Å². The molecule has 0 aliphatic carbocycles. The summed E-state index contributed by atoms with van der Waals surface area (Å²) in [4.78, 5) is 30.0. The van der Waals surface area contributed by atoms with Crippen molar-refractivity contribution < 1.29 is 9.72 Å². The molecule has 0 spiro atoms. The number of aryl methyl sites for hydroxylation is 1. The molecule has 1 amide bonds. The normalized spacial score (nSPS) is 10.1. The highest BCUT2D eigenvalue weighted by Gasteiger charge is 2.22. The summed E-state index contributed by atoms with van der Waals surface area (Å²) in [6.07, 6.45) is 2.28. The lowest BCUT2D eigenvalue weighted by Crippen LogP contribution is -2.17. The van der Waals surface area contributed by atoms with Gasteiger partial charge in [0.05, 0.1) is 4.92 Å². The summed E-state index contributed by atoms with van der Waals surface area (Å²) in [6.45, 7) is 0. The summed E-state index contributed by atoms with van der Waals surface area (Å²) in [5.74, 6) is -0.127. The molecule has 2 aromatic heterocycles. The highest BCUT2D eigenvalue weighted by molar-refractivity contribution is 6.06. The predicted molar refractivity (Wildman–Crippen MR) is 69.4 cm³/mol. The number of nitrogens with one attached hydrogen (secondary N) is 2. The molecule has 0 aliphatic heterocycles. The van der Waals surface area contributed by atoms with E-state index in [1.165, 1.54) is 17.1 Å². The molecule has 20 heavy (non-hydrogen) atoms. The van der Waals surface area contributed by atoms with Crippen LogP contribution in [0.1, 0.15) is 10.4 Å². The quantitative estimate of drug-likeness (QED) is 0.611. The Labute approximate surface area is 113 Å². The molecule has 0 saturated carbocycles. The molecular formula is C10H11N7O3. The zero-order chi connectivity index (χ0) is 14.7. The number of pyridine rings is 1. The lowest BCUT2D eigenvalue weighted by Gasteiger charge is -2.06. The van der Waals surface area contributed by atoms with E-state index in [0.29, 0.717) is 5.82 Å². The van der Waals surface area contributed by atoms with Crippen molar-refractivity contribution in [2.45, 2.75) is 0 Å². The van der Waals surface area contributed by atoms with Gasteiger partial charge in [-0.25, -0.2) is 9.67 Å². The Bertz CT molecular complexity index is 667. The number of carbonyl (C=O) groups is 1. The van der Waals surface area contributed by atoms with Crippen LogP contribution in [0, 0.1) is 10.1 Å². The second kappa shape index (κ2) is 5.30. The highest BCUT2D eigenvalue weighted by atomic mass is 16.6. The van der Waals surface area contributed by atoms with Crippen LogP contribution in [0.2, 0.25) is 0 Å². The van der Waals surface area contributed by atoms with Crippen LogP contribution in [-0.4, -0.2) is 37.6 Å². The van der Waals surface area contributed by atoms with Crippen LogP contribution in [0.5, 0.6) is 0 Å². The van der Waals surface area contributed by atoms with Crippen molar-refractivity contribution in [2.75, 3.05) is 17.7 Å². The van der Waals surface area contributed by atoms with Crippen LogP contribution in [0.25, 0.3) is 0 Å². The summed E-state index contributed by atoms with van der Waals surface area (Å²) < 4.78 is 1.34. The minimum absolute atomic E-state index is 0.114. The summed E-state index contributed by atoms with van der Waals surface area (Å²) in [6, 6.07) is 1.30. The van der Waals surface area contributed by atoms with Gasteiger partial charge in [0.15, 0.2) is 0 Å². The highest BCUT2D eigenvalue weighted by Crippen LogP contribution is 2.21. The van der Waals surface area contributed by atoms with Crippen molar-refractivity contribution in [3.05, 3.63) is 34.3 Å². The van der Waals surface area contributed by atoms with Gasteiger partial charge in [0.25, 0.3) is 11.6 Å². The first kappa shape index (κ1) is 13.4. The van der Waals surface area contributed by atoms with Crippen LogP contribution in [0.4, 0.5) is 17.5 Å².